The molecule has 2 aliphatic heterocycles. The molecule has 9 nitrogen and oxygen atoms in total. The Hall–Kier alpha value is -2.26. The molecule has 110 valence electrons. The van der Waals surface area contributed by atoms with Crippen LogP contribution < -0.4 is 16.6 Å². The van der Waals surface area contributed by atoms with Gasteiger partial charge in [0.05, 0.1) is 18.2 Å². The SMILES string of the molecule is NNc1nc(NC2CC3CCC2O3)nc(-n2cccn2)n1. The van der Waals surface area contributed by atoms with Crippen LogP contribution in [0.5, 0.6) is 0 Å². The summed E-state index contributed by atoms with van der Waals surface area (Å²) < 4.78 is 7.39. The van der Waals surface area contributed by atoms with Crippen LogP contribution in [0.3, 0.4) is 0 Å². The second-order valence-electron chi connectivity index (χ2n) is 5.24. The fraction of sp³-hybridized carbons (Fsp3) is 0.500. The minimum absolute atomic E-state index is 0.238. The van der Waals surface area contributed by atoms with Crippen molar-refractivity contribution in [1.82, 2.24) is 24.7 Å². The molecule has 4 heterocycles. The normalized spacial score (nSPS) is 27.0. The molecule has 9 heteroatoms. The van der Waals surface area contributed by atoms with E-state index >= 15 is 0 Å². The number of aromatic nitrogens is 5. The first-order valence-electron chi connectivity index (χ1n) is 6.96. The molecule has 2 fully saturated rings. The van der Waals surface area contributed by atoms with Crippen molar-refractivity contribution >= 4 is 11.9 Å². The molecule has 0 amide bonds. The topological polar surface area (TPSA) is 116 Å². The number of hydrogen-bond acceptors (Lipinski definition) is 8. The third-order valence-electron chi connectivity index (χ3n) is 3.88. The molecular weight excluding hydrogens is 272 g/mol. The summed E-state index contributed by atoms with van der Waals surface area (Å²) in [7, 11) is 0. The minimum atomic E-state index is 0.238. The Morgan fingerprint density at radius 2 is 2.14 bits per heavy atom. The van der Waals surface area contributed by atoms with E-state index in [1.807, 2.05) is 0 Å². The van der Waals surface area contributed by atoms with E-state index in [0.717, 1.165) is 19.3 Å². The van der Waals surface area contributed by atoms with Crippen LogP contribution in [0.2, 0.25) is 0 Å². The molecule has 21 heavy (non-hydrogen) atoms. The zero-order valence-electron chi connectivity index (χ0n) is 11.3. The van der Waals surface area contributed by atoms with Crippen LogP contribution >= 0.6 is 0 Å². The van der Waals surface area contributed by atoms with Crippen molar-refractivity contribution in [3.8, 4) is 5.95 Å². The first-order valence-corrected chi connectivity index (χ1v) is 6.96. The molecule has 4 N–H and O–H groups in total. The summed E-state index contributed by atoms with van der Waals surface area (Å²) in [4.78, 5) is 12.8. The number of hydrazine groups is 1. The van der Waals surface area contributed by atoms with Gasteiger partial charge < -0.3 is 10.1 Å². The Kier molecular flexibility index (Phi) is 2.93. The van der Waals surface area contributed by atoms with Crippen LogP contribution in [-0.2, 0) is 4.74 Å². The van der Waals surface area contributed by atoms with Crippen molar-refractivity contribution in [2.24, 2.45) is 5.84 Å². The molecule has 0 aliphatic carbocycles. The van der Waals surface area contributed by atoms with Crippen LogP contribution in [0.4, 0.5) is 11.9 Å². The fourth-order valence-electron chi connectivity index (χ4n) is 2.94. The molecule has 4 rings (SSSR count). The molecule has 3 atom stereocenters. The number of nitrogens with zero attached hydrogens (tertiary/aromatic N) is 5. The van der Waals surface area contributed by atoms with E-state index in [1.165, 1.54) is 0 Å². The summed E-state index contributed by atoms with van der Waals surface area (Å²) in [5, 5.41) is 7.44. The highest BCUT2D eigenvalue weighted by Gasteiger charge is 2.41. The zero-order valence-corrected chi connectivity index (χ0v) is 11.3. The van der Waals surface area contributed by atoms with E-state index in [0.29, 0.717) is 23.9 Å². The molecule has 0 saturated carbocycles. The molecular formula is C12H16N8O. The van der Waals surface area contributed by atoms with Crippen molar-refractivity contribution in [1.29, 1.82) is 0 Å². The quantitative estimate of drug-likeness (QED) is 0.535. The maximum atomic E-state index is 5.82. The predicted molar refractivity (Wildman–Crippen MR) is 74.7 cm³/mol. The molecule has 2 bridgehead atoms. The zero-order chi connectivity index (χ0) is 14.2. The van der Waals surface area contributed by atoms with Gasteiger partial charge in [0.1, 0.15) is 0 Å². The molecule has 3 unspecified atom stereocenters. The second-order valence-corrected chi connectivity index (χ2v) is 5.24. The summed E-state index contributed by atoms with van der Waals surface area (Å²) in [5.41, 5.74) is 2.45. The summed E-state index contributed by atoms with van der Waals surface area (Å²) in [6.45, 7) is 0. The summed E-state index contributed by atoms with van der Waals surface area (Å²) >= 11 is 0. The Morgan fingerprint density at radius 3 is 2.81 bits per heavy atom. The van der Waals surface area contributed by atoms with Crippen molar-refractivity contribution < 1.29 is 4.74 Å². The molecule has 2 aromatic heterocycles. The van der Waals surface area contributed by atoms with E-state index in [2.05, 4.69) is 30.8 Å². The van der Waals surface area contributed by atoms with Gasteiger partial charge in [0.2, 0.25) is 11.9 Å². The average Bonchev–Trinajstić information content (AvgIpc) is 3.24. The lowest BCUT2D eigenvalue weighted by Crippen LogP contribution is -2.31. The largest absolute Gasteiger partial charge is 0.373 e. The van der Waals surface area contributed by atoms with Crippen molar-refractivity contribution in [3.05, 3.63) is 18.5 Å². The van der Waals surface area contributed by atoms with E-state index in [1.54, 1.807) is 23.1 Å². The number of ether oxygens (including phenoxy) is 1. The van der Waals surface area contributed by atoms with Crippen molar-refractivity contribution in [3.63, 3.8) is 0 Å². The molecule has 0 spiro atoms. The van der Waals surface area contributed by atoms with Crippen LogP contribution in [0.1, 0.15) is 19.3 Å². The lowest BCUT2D eigenvalue weighted by Gasteiger charge is -2.20. The van der Waals surface area contributed by atoms with E-state index in [4.69, 9.17) is 10.6 Å². The van der Waals surface area contributed by atoms with Crippen LogP contribution in [0, 0.1) is 0 Å². The number of rotatable bonds is 4. The summed E-state index contributed by atoms with van der Waals surface area (Å²) in [5.74, 6) is 6.61. The smallest absolute Gasteiger partial charge is 0.257 e. The third-order valence-corrected chi connectivity index (χ3v) is 3.88. The highest BCUT2D eigenvalue weighted by molar-refractivity contribution is 5.38. The van der Waals surface area contributed by atoms with E-state index < -0.39 is 0 Å². The first kappa shape index (κ1) is 12.5. The third kappa shape index (κ3) is 2.30. The van der Waals surface area contributed by atoms with Gasteiger partial charge in [-0.05, 0) is 25.3 Å². The monoisotopic (exact) mass is 288 g/mol. The molecule has 2 aromatic rings. The Balaban J connectivity index is 1.61. The molecule has 2 saturated heterocycles. The van der Waals surface area contributed by atoms with E-state index in [-0.39, 0.29) is 12.1 Å². The number of anilines is 2. The lowest BCUT2D eigenvalue weighted by atomic mass is 9.96. The number of hydrogen-bond donors (Lipinski definition) is 3. The van der Waals surface area contributed by atoms with Gasteiger partial charge >= 0.3 is 0 Å². The maximum Gasteiger partial charge on any atom is 0.257 e. The number of nitrogens with one attached hydrogen (secondary N) is 2. The Bertz CT molecular complexity index is 630. The standard InChI is InChI=1S/C12H16N8O/c13-19-11-16-10(15-8-6-7-2-3-9(8)21-7)17-12(18-11)20-5-1-4-14-20/h1,4-5,7-9H,2-3,6,13H2,(H2,15,16,17,18,19). The average molecular weight is 288 g/mol. The van der Waals surface area contributed by atoms with Gasteiger partial charge in [0.25, 0.3) is 5.95 Å². The minimum Gasteiger partial charge on any atom is -0.373 e. The highest BCUT2D eigenvalue weighted by Crippen LogP contribution is 2.35. The number of fused-ring (bicyclic) bond motifs is 2. The van der Waals surface area contributed by atoms with Gasteiger partial charge in [-0.25, -0.2) is 10.5 Å². The fourth-order valence-corrected chi connectivity index (χ4v) is 2.94. The second kappa shape index (κ2) is 4.93. The predicted octanol–water partition coefficient (Wildman–Crippen LogP) is 0.0747. The van der Waals surface area contributed by atoms with Gasteiger partial charge in [0, 0.05) is 12.4 Å². The van der Waals surface area contributed by atoms with Gasteiger partial charge in [-0.2, -0.15) is 20.1 Å². The van der Waals surface area contributed by atoms with Gasteiger partial charge in [-0.3, -0.25) is 5.43 Å². The van der Waals surface area contributed by atoms with Gasteiger partial charge in [0.15, 0.2) is 0 Å². The number of nitrogens with two attached hydrogens (primary N) is 1. The Morgan fingerprint density at radius 1 is 1.24 bits per heavy atom. The van der Waals surface area contributed by atoms with Crippen LogP contribution in [-0.4, -0.2) is 43.0 Å². The van der Waals surface area contributed by atoms with Gasteiger partial charge in [-0.15, -0.1) is 0 Å². The summed E-state index contributed by atoms with van der Waals surface area (Å²) in [6, 6.07) is 2.04. The molecule has 0 aromatic carbocycles. The number of nitrogen functional groups attached to an aromatic ring is 1. The highest BCUT2D eigenvalue weighted by atomic mass is 16.5. The first-order chi connectivity index (χ1) is 10.3. The Labute approximate surface area is 120 Å². The van der Waals surface area contributed by atoms with Crippen molar-refractivity contribution in [2.75, 3.05) is 10.7 Å². The van der Waals surface area contributed by atoms with Crippen LogP contribution in [0.15, 0.2) is 18.5 Å². The van der Waals surface area contributed by atoms with Crippen LogP contribution in [0.25, 0.3) is 5.95 Å². The van der Waals surface area contributed by atoms with Crippen molar-refractivity contribution in [2.45, 2.75) is 37.5 Å². The van der Waals surface area contributed by atoms with E-state index in [9.17, 15) is 0 Å². The maximum absolute atomic E-state index is 5.82. The van der Waals surface area contributed by atoms with Gasteiger partial charge in [-0.1, -0.05) is 0 Å². The molecule has 0 radical (unpaired) electrons. The summed E-state index contributed by atoms with van der Waals surface area (Å²) in [6.07, 6.45) is 7.26. The lowest BCUT2D eigenvalue weighted by molar-refractivity contribution is 0.102. The molecule has 2 aliphatic rings.